The minimum atomic E-state index is -0.916. The molecule has 0 saturated carbocycles. The number of carbonyl (C=O) groups is 2. The number of hydrogen-bond donors (Lipinski definition) is 3. The maximum Gasteiger partial charge on any atom is 0.407 e. The molecule has 0 bridgehead atoms. The van der Waals surface area contributed by atoms with Gasteiger partial charge < -0.3 is 20.6 Å². The van der Waals surface area contributed by atoms with Crippen LogP contribution in [0.3, 0.4) is 0 Å². The van der Waals surface area contributed by atoms with Gasteiger partial charge in [0, 0.05) is 38.6 Å². The largest absolute Gasteiger partial charge is 0.465 e. The lowest BCUT2D eigenvalue weighted by Gasteiger charge is -2.13. The molecule has 1 unspecified atom stereocenters. The van der Waals surface area contributed by atoms with Crippen molar-refractivity contribution in [2.75, 3.05) is 25.5 Å². The van der Waals surface area contributed by atoms with Gasteiger partial charge in [-0.3, -0.25) is 4.79 Å². The highest BCUT2D eigenvalue weighted by Crippen LogP contribution is 2.13. The predicted octanol–water partition coefficient (Wildman–Crippen LogP) is 0.000400. The molecular formula is C11H15N5O3. The van der Waals surface area contributed by atoms with Crippen molar-refractivity contribution in [1.82, 2.24) is 20.2 Å². The van der Waals surface area contributed by atoms with Gasteiger partial charge in [-0.05, 0) is 6.42 Å². The lowest BCUT2D eigenvalue weighted by atomic mass is 10.3. The average molecular weight is 265 g/mol. The normalized spacial score (nSPS) is 18.2. The first-order valence-electron chi connectivity index (χ1n) is 5.88. The zero-order chi connectivity index (χ0) is 13.8. The van der Waals surface area contributed by atoms with E-state index >= 15 is 0 Å². The molecule has 0 radical (unpaired) electrons. The number of carbonyl (C=O) groups excluding carboxylic acids is 1. The Morgan fingerprint density at radius 1 is 1.42 bits per heavy atom. The smallest absolute Gasteiger partial charge is 0.407 e. The number of amides is 2. The van der Waals surface area contributed by atoms with Crippen LogP contribution in [0.1, 0.15) is 16.8 Å². The zero-order valence-corrected chi connectivity index (χ0v) is 10.5. The zero-order valence-electron chi connectivity index (χ0n) is 10.5. The molecule has 1 saturated heterocycles. The molecule has 8 heteroatoms. The summed E-state index contributed by atoms with van der Waals surface area (Å²) in [6.07, 6.45) is 2.66. The Bertz CT molecular complexity index is 476. The van der Waals surface area contributed by atoms with Crippen LogP contribution in [0.15, 0.2) is 12.4 Å². The van der Waals surface area contributed by atoms with Crippen LogP contribution < -0.4 is 10.6 Å². The number of nitrogens with zero attached hydrogens (tertiary/aromatic N) is 3. The van der Waals surface area contributed by atoms with Gasteiger partial charge in [0.15, 0.2) is 0 Å². The summed E-state index contributed by atoms with van der Waals surface area (Å²) in [7, 11) is 1.54. The second-order valence-electron chi connectivity index (χ2n) is 4.23. The fourth-order valence-corrected chi connectivity index (χ4v) is 1.90. The van der Waals surface area contributed by atoms with Crippen molar-refractivity contribution in [3.63, 3.8) is 0 Å². The van der Waals surface area contributed by atoms with E-state index in [0.717, 1.165) is 0 Å². The van der Waals surface area contributed by atoms with Gasteiger partial charge >= 0.3 is 6.09 Å². The molecule has 0 spiro atoms. The molecule has 1 aliphatic heterocycles. The Hall–Kier alpha value is -2.38. The topological polar surface area (TPSA) is 107 Å². The molecule has 2 heterocycles. The molecule has 2 rings (SSSR count). The Balaban J connectivity index is 1.93. The van der Waals surface area contributed by atoms with E-state index in [4.69, 9.17) is 5.11 Å². The highest BCUT2D eigenvalue weighted by atomic mass is 16.4. The fraction of sp³-hybridized carbons (Fsp3) is 0.455. The molecule has 1 aromatic rings. The van der Waals surface area contributed by atoms with E-state index in [2.05, 4.69) is 20.6 Å². The molecule has 0 aliphatic carbocycles. The number of hydrogen-bond acceptors (Lipinski definition) is 5. The number of aromatic nitrogens is 2. The second kappa shape index (κ2) is 5.51. The van der Waals surface area contributed by atoms with Crippen LogP contribution in [0, 0.1) is 0 Å². The standard InChI is InChI=1S/C11H15N5O3/c1-12-9(17)7-4-13-10(14-5-7)15-8-2-3-16(6-8)11(18)19/h4-5,8H,2-3,6H2,1H3,(H,12,17)(H,18,19)(H,13,14,15). The highest BCUT2D eigenvalue weighted by Gasteiger charge is 2.26. The van der Waals surface area contributed by atoms with E-state index in [9.17, 15) is 9.59 Å². The monoisotopic (exact) mass is 265 g/mol. The molecule has 102 valence electrons. The van der Waals surface area contributed by atoms with Crippen LogP contribution in [0.2, 0.25) is 0 Å². The molecule has 3 N–H and O–H groups in total. The molecule has 8 nitrogen and oxygen atoms in total. The summed E-state index contributed by atoms with van der Waals surface area (Å²) < 4.78 is 0. The average Bonchev–Trinajstić information content (AvgIpc) is 2.87. The molecular weight excluding hydrogens is 250 g/mol. The van der Waals surface area contributed by atoms with E-state index in [-0.39, 0.29) is 11.9 Å². The van der Waals surface area contributed by atoms with Crippen molar-refractivity contribution < 1.29 is 14.7 Å². The summed E-state index contributed by atoms with van der Waals surface area (Å²) in [6.45, 7) is 0.916. The minimum absolute atomic E-state index is 0.00181. The van der Waals surface area contributed by atoms with Crippen LogP contribution in [-0.4, -0.2) is 58.2 Å². The Morgan fingerprint density at radius 3 is 2.63 bits per heavy atom. The first kappa shape index (κ1) is 13.1. The number of nitrogens with one attached hydrogen (secondary N) is 2. The Morgan fingerprint density at radius 2 is 2.11 bits per heavy atom. The van der Waals surface area contributed by atoms with Gasteiger partial charge in [-0.15, -0.1) is 0 Å². The van der Waals surface area contributed by atoms with Gasteiger partial charge in [0.05, 0.1) is 5.56 Å². The maximum absolute atomic E-state index is 11.3. The first-order chi connectivity index (χ1) is 9.10. The minimum Gasteiger partial charge on any atom is -0.465 e. The van der Waals surface area contributed by atoms with Gasteiger partial charge in [0.25, 0.3) is 5.91 Å². The second-order valence-corrected chi connectivity index (χ2v) is 4.23. The van der Waals surface area contributed by atoms with Gasteiger partial charge in [-0.25, -0.2) is 14.8 Å². The molecule has 1 aromatic heterocycles. The van der Waals surface area contributed by atoms with Crippen molar-refractivity contribution in [3.8, 4) is 0 Å². The van der Waals surface area contributed by atoms with Gasteiger partial charge in [-0.1, -0.05) is 0 Å². The predicted molar refractivity (Wildman–Crippen MR) is 67.0 cm³/mol. The third kappa shape index (κ3) is 3.09. The molecule has 1 aliphatic rings. The van der Waals surface area contributed by atoms with E-state index < -0.39 is 6.09 Å². The summed E-state index contributed by atoms with van der Waals surface area (Å²) in [5, 5.41) is 14.4. The summed E-state index contributed by atoms with van der Waals surface area (Å²) in [4.78, 5) is 31.5. The molecule has 2 amide bonds. The van der Waals surface area contributed by atoms with Crippen molar-refractivity contribution in [2.45, 2.75) is 12.5 Å². The van der Waals surface area contributed by atoms with E-state index in [0.29, 0.717) is 31.0 Å². The maximum atomic E-state index is 11.3. The van der Waals surface area contributed by atoms with E-state index in [1.807, 2.05) is 0 Å². The molecule has 1 fully saturated rings. The lowest BCUT2D eigenvalue weighted by Crippen LogP contribution is -2.30. The number of carboxylic acid groups (broad SMARTS) is 1. The number of anilines is 1. The van der Waals surface area contributed by atoms with Crippen LogP contribution >= 0.6 is 0 Å². The summed E-state index contributed by atoms with van der Waals surface area (Å²) in [5.41, 5.74) is 0.381. The Labute approximate surface area is 109 Å². The molecule has 0 aromatic carbocycles. The van der Waals surface area contributed by atoms with Crippen LogP contribution in [0.25, 0.3) is 0 Å². The fourth-order valence-electron chi connectivity index (χ4n) is 1.90. The van der Waals surface area contributed by atoms with Crippen LogP contribution in [0.4, 0.5) is 10.7 Å². The van der Waals surface area contributed by atoms with Crippen LogP contribution in [-0.2, 0) is 0 Å². The summed E-state index contributed by atoms with van der Waals surface area (Å²) in [6, 6.07) is 0.00181. The summed E-state index contributed by atoms with van der Waals surface area (Å²) in [5.74, 6) is 0.148. The SMILES string of the molecule is CNC(=O)c1cnc(NC2CCN(C(=O)O)C2)nc1. The molecule has 19 heavy (non-hydrogen) atoms. The van der Waals surface area contributed by atoms with Crippen molar-refractivity contribution >= 4 is 17.9 Å². The van der Waals surface area contributed by atoms with E-state index in [1.165, 1.54) is 24.3 Å². The first-order valence-corrected chi connectivity index (χ1v) is 5.88. The number of rotatable bonds is 3. The third-order valence-electron chi connectivity index (χ3n) is 2.93. The molecule has 1 atom stereocenters. The van der Waals surface area contributed by atoms with Gasteiger partial charge in [-0.2, -0.15) is 0 Å². The van der Waals surface area contributed by atoms with Gasteiger partial charge in [0.1, 0.15) is 0 Å². The van der Waals surface area contributed by atoms with Crippen molar-refractivity contribution in [3.05, 3.63) is 18.0 Å². The van der Waals surface area contributed by atoms with Crippen molar-refractivity contribution in [1.29, 1.82) is 0 Å². The third-order valence-corrected chi connectivity index (χ3v) is 2.93. The van der Waals surface area contributed by atoms with Gasteiger partial charge in [0.2, 0.25) is 5.95 Å². The Kier molecular flexibility index (Phi) is 3.79. The summed E-state index contributed by atoms with van der Waals surface area (Å²) >= 11 is 0. The van der Waals surface area contributed by atoms with Crippen molar-refractivity contribution in [2.24, 2.45) is 0 Å². The quantitative estimate of drug-likeness (QED) is 0.710. The lowest BCUT2D eigenvalue weighted by molar-refractivity contribution is 0.0962. The number of likely N-dealkylation sites (tertiary alicyclic amines) is 1. The van der Waals surface area contributed by atoms with Crippen LogP contribution in [0.5, 0.6) is 0 Å². The highest BCUT2D eigenvalue weighted by molar-refractivity contribution is 5.93. The van der Waals surface area contributed by atoms with E-state index in [1.54, 1.807) is 0 Å².